The Balaban J connectivity index is 2.28. The van der Waals surface area contributed by atoms with E-state index in [-0.39, 0.29) is 5.91 Å². The number of aromatic nitrogens is 1. The molecular formula is C15H16N2O2. The van der Waals surface area contributed by atoms with E-state index in [0.29, 0.717) is 11.4 Å². The minimum Gasteiger partial charge on any atom is -0.480 e. The van der Waals surface area contributed by atoms with Crippen LogP contribution in [0.15, 0.2) is 36.5 Å². The van der Waals surface area contributed by atoms with Gasteiger partial charge < -0.3 is 10.1 Å². The topological polar surface area (TPSA) is 51.2 Å². The van der Waals surface area contributed by atoms with Crippen molar-refractivity contribution >= 4 is 11.6 Å². The highest BCUT2D eigenvalue weighted by Crippen LogP contribution is 2.20. The normalized spacial score (nSPS) is 10.1. The third-order valence-electron chi connectivity index (χ3n) is 2.85. The summed E-state index contributed by atoms with van der Waals surface area (Å²) in [6.07, 6.45) is 1.59. The first-order chi connectivity index (χ1) is 9.11. The van der Waals surface area contributed by atoms with Crippen LogP contribution in [0.3, 0.4) is 0 Å². The molecule has 4 heteroatoms. The zero-order valence-electron chi connectivity index (χ0n) is 11.2. The van der Waals surface area contributed by atoms with Crippen LogP contribution in [0.1, 0.15) is 21.5 Å². The molecule has 0 spiro atoms. The Morgan fingerprint density at radius 1 is 1.26 bits per heavy atom. The van der Waals surface area contributed by atoms with Gasteiger partial charge in [-0.15, -0.1) is 0 Å². The van der Waals surface area contributed by atoms with Gasteiger partial charge in [0.25, 0.3) is 5.91 Å². The highest BCUT2D eigenvalue weighted by Gasteiger charge is 2.13. The van der Waals surface area contributed by atoms with Gasteiger partial charge in [0, 0.05) is 11.9 Å². The Kier molecular flexibility index (Phi) is 3.80. The van der Waals surface area contributed by atoms with Crippen LogP contribution >= 0.6 is 0 Å². The van der Waals surface area contributed by atoms with E-state index in [9.17, 15) is 4.79 Å². The molecule has 0 bridgehead atoms. The molecule has 4 nitrogen and oxygen atoms in total. The number of pyridine rings is 1. The molecule has 1 aromatic heterocycles. The van der Waals surface area contributed by atoms with Gasteiger partial charge in [-0.1, -0.05) is 12.1 Å². The second-order valence-corrected chi connectivity index (χ2v) is 4.33. The number of ether oxygens (including phenoxy) is 1. The summed E-state index contributed by atoms with van der Waals surface area (Å²) < 4.78 is 5.09. The molecule has 0 aliphatic carbocycles. The van der Waals surface area contributed by atoms with Gasteiger partial charge in [-0.25, -0.2) is 4.98 Å². The molecule has 1 N–H and O–H groups in total. The quantitative estimate of drug-likeness (QED) is 0.918. The predicted octanol–water partition coefficient (Wildman–Crippen LogP) is 2.96. The molecule has 1 amide bonds. The summed E-state index contributed by atoms with van der Waals surface area (Å²) in [6, 6.07) is 9.32. The Bertz CT molecular complexity index is 609. The van der Waals surface area contributed by atoms with Gasteiger partial charge in [-0.3, -0.25) is 4.79 Å². The summed E-state index contributed by atoms with van der Waals surface area (Å²) in [6.45, 7) is 3.94. The van der Waals surface area contributed by atoms with E-state index in [1.807, 2.05) is 32.0 Å². The van der Waals surface area contributed by atoms with Gasteiger partial charge in [0.05, 0.1) is 7.11 Å². The number of amides is 1. The molecule has 1 heterocycles. The monoisotopic (exact) mass is 256 g/mol. The van der Waals surface area contributed by atoms with Gasteiger partial charge in [-0.05, 0) is 43.2 Å². The average Bonchev–Trinajstić information content (AvgIpc) is 2.42. The van der Waals surface area contributed by atoms with E-state index < -0.39 is 0 Å². The fourth-order valence-electron chi connectivity index (χ4n) is 1.79. The van der Waals surface area contributed by atoms with Crippen molar-refractivity contribution in [2.45, 2.75) is 13.8 Å². The lowest BCUT2D eigenvalue weighted by atomic mass is 10.1. The molecule has 0 aliphatic rings. The molecule has 0 unspecified atom stereocenters. The molecule has 0 fully saturated rings. The summed E-state index contributed by atoms with van der Waals surface area (Å²) >= 11 is 0. The highest BCUT2D eigenvalue weighted by molar-refractivity contribution is 6.06. The van der Waals surface area contributed by atoms with Crippen LogP contribution in [-0.2, 0) is 0 Å². The summed E-state index contributed by atoms with van der Waals surface area (Å²) in [5.74, 6) is 0.101. The van der Waals surface area contributed by atoms with Crippen LogP contribution in [0.2, 0.25) is 0 Å². The maximum absolute atomic E-state index is 12.2. The number of methoxy groups -OCH3 is 1. The van der Waals surface area contributed by atoms with Crippen LogP contribution in [-0.4, -0.2) is 18.0 Å². The van der Waals surface area contributed by atoms with Crippen molar-refractivity contribution in [3.63, 3.8) is 0 Å². The smallest absolute Gasteiger partial charge is 0.261 e. The molecule has 0 radical (unpaired) electrons. The molecule has 1 aromatic carbocycles. The minimum absolute atomic E-state index is 0.223. The van der Waals surface area contributed by atoms with Crippen molar-refractivity contribution in [3.05, 3.63) is 53.2 Å². The molecule has 0 aliphatic heterocycles. The fraction of sp³-hybridized carbons (Fsp3) is 0.200. The number of hydrogen-bond acceptors (Lipinski definition) is 3. The molecular weight excluding hydrogens is 240 g/mol. The summed E-state index contributed by atoms with van der Waals surface area (Å²) in [5.41, 5.74) is 3.34. The van der Waals surface area contributed by atoms with Gasteiger partial charge in [-0.2, -0.15) is 0 Å². The van der Waals surface area contributed by atoms with E-state index in [1.165, 1.54) is 7.11 Å². The average molecular weight is 256 g/mol. The highest BCUT2D eigenvalue weighted by atomic mass is 16.5. The van der Waals surface area contributed by atoms with E-state index >= 15 is 0 Å². The molecule has 0 saturated heterocycles. The van der Waals surface area contributed by atoms with Crippen LogP contribution < -0.4 is 10.1 Å². The van der Waals surface area contributed by atoms with E-state index in [0.717, 1.165) is 16.8 Å². The Morgan fingerprint density at radius 2 is 2.05 bits per heavy atom. The lowest BCUT2D eigenvalue weighted by molar-refractivity contribution is 0.102. The Hall–Kier alpha value is -2.36. The number of carbonyl (C=O) groups is 1. The van der Waals surface area contributed by atoms with Crippen LogP contribution in [0.25, 0.3) is 0 Å². The summed E-state index contributed by atoms with van der Waals surface area (Å²) in [7, 11) is 1.50. The number of benzene rings is 1. The maximum Gasteiger partial charge on any atom is 0.261 e. The summed E-state index contributed by atoms with van der Waals surface area (Å²) in [4.78, 5) is 16.2. The number of nitrogens with zero attached hydrogens (tertiary/aromatic N) is 1. The first-order valence-corrected chi connectivity index (χ1v) is 5.99. The number of aryl methyl sites for hydroxylation is 2. The van der Waals surface area contributed by atoms with Crippen molar-refractivity contribution in [2.75, 3.05) is 12.4 Å². The third kappa shape index (κ3) is 2.91. The van der Waals surface area contributed by atoms with Crippen LogP contribution in [0, 0.1) is 13.8 Å². The molecule has 0 saturated carbocycles. The first-order valence-electron chi connectivity index (χ1n) is 5.99. The molecule has 2 aromatic rings. The van der Waals surface area contributed by atoms with E-state index in [4.69, 9.17) is 4.74 Å². The Labute approximate surface area is 112 Å². The minimum atomic E-state index is -0.223. The van der Waals surface area contributed by atoms with Gasteiger partial charge >= 0.3 is 0 Å². The van der Waals surface area contributed by atoms with Crippen molar-refractivity contribution in [1.29, 1.82) is 0 Å². The molecule has 0 atom stereocenters. The first kappa shape index (κ1) is 13.1. The van der Waals surface area contributed by atoms with E-state index in [1.54, 1.807) is 18.3 Å². The molecule has 19 heavy (non-hydrogen) atoms. The zero-order valence-corrected chi connectivity index (χ0v) is 11.2. The number of anilines is 1. The number of nitrogens with one attached hydrogen (secondary N) is 1. The third-order valence-corrected chi connectivity index (χ3v) is 2.85. The number of rotatable bonds is 3. The molecule has 98 valence electrons. The van der Waals surface area contributed by atoms with Crippen molar-refractivity contribution < 1.29 is 9.53 Å². The van der Waals surface area contributed by atoms with Gasteiger partial charge in [0.15, 0.2) is 0 Å². The van der Waals surface area contributed by atoms with Crippen molar-refractivity contribution in [2.24, 2.45) is 0 Å². The van der Waals surface area contributed by atoms with Crippen LogP contribution in [0.4, 0.5) is 5.69 Å². The van der Waals surface area contributed by atoms with Gasteiger partial charge in [0.1, 0.15) is 5.56 Å². The fourth-order valence-corrected chi connectivity index (χ4v) is 1.79. The lowest BCUT2D eigenvalue weighted by Crippen LogP contribution is -2.14. The SMILES string of the molecule is COc1ncccc1C(=O)Nc1cc(C)ccc1C. The van der Waals surface area contributed by atoms with Crippen molar-refractivity contribution in [3.8, 4) is 5.88 Å². The zero-order chi connectivity index (χ0) is 13.8. The molecule has 2 rings (SSSR count). The standard InChI is InChI=1S/C15H16N2O2/c1-10-6-7-11(2)13(9-10)17-14(18)12-5-4-8-16-15(12)19-3/h4-9H,1-3H3,(H,17,18). The van der Waals surface area contributed by atoms with Gasteiger partial charge in [0.2, 0.25) is 5.88 Å². The van der Waals surface area contributed by atoms with Crippen molar-refractivity contribution in [1.82, 2.24) is 4.98 Å². The number of carbonyl (C=O) groups excluding carboxylic acids is 1. The van der Waals surface area contributed by atoms with Crippen LogP contribution in [0.5, 0.6) is 5.88 Å². The lowest BCUT2D eigenvalue weighted by Gasteiger charge is -2.10. The number of hydrogen-bond donors (Lipinski definition) is 1. The Morgan fingerprint density at radius 3 is 2.79 bits per heavy atom. The second-order valence-electron chi connectivity index (χ2n) is 4.33. The predicted molar refractivity (Wildman–Crippen MR) is 74.7 cm³/mol. The summed E-state index contributed by atoms with van der Waals surface area (Å²) in [5, 5.41) is 2.88. The maximum atomic E-state index is 12.2. The van der Waals surface area contributed by atoms with E-state index in [2.05, 4.69) is 10.3 Å². The largest absolute Gasteiger partial charge is 0.480 e. The second kappa shape index (κ2) is 5.52.